The number of hydrogen-bond donors (Lipinski definition) is 0. The van der Waals surface area contributed by atoms with E-state index in [1.807, 2.05) is 49.9 Å². The summed E-state index contributed by atoms with van der Waals surface area (Å²) in [7, 11) is 0. The van der Waals surface area contributed by atoms with E-state index in [0.717, 1.165) is 93.1 Å². The van der Waals surface area contributed by atoms with Crippen molar-refractivity contribution in [2.45, 2.75) is 46.5 Å². The van der Waals surface area contributed by atoms with Crippen molar-refractivity contribution in [3.8, 4) is 0 Å². The third kappa shape index (κ3) is 6.39. The number of piperidine rings is 1. The van der Waals surface area contributed by atoms with Gasteiger partial charge >= 0.3 is 6.09 Å². The van der Waals surface area contributed by atoms with E-state index in [0.29, 0.717) is 23.4 Å². The quantitative estimate of drug-likeness (QED) is 0.475. The lowest BCUT2D eigenvalue weighted by atomic mass is 10.0. The van der Waals surface area contributed by atoms with E-state index in [9.17, 15) is 9.59 Å². The first-order valence-corrected chi connectivity index (χ1v) is 14.6. The molecule has 0 saturated carbocycles. The van der Waals surface area contributed by atoms with Gasteiger partial charge in [-0.25, -0.2) is 4.79 Å². The summed E-state index contributed by atoms with van der Waals surface area (Å²) in [5.74, 6) is 1.09. The number of carbonyl (C=O) groups excluding carboxylic acids is 2. The van der Waals surface area contributed by atoms with Gasteiger partial charge in [-0.1, -0.05) is 24.1 Å². The molecule has 0 spiro atoms. The van der Waals surface area contributed by atoms with Gasteiger partial charge in [-0.15, -0.1) is 5.06 Å². The number of pyridine rings is 1. The topological polar surface area (TPSA) is 69.2 Å². The molecule has 8 nitrogen and oxygen atoms in total. The molecule has 3 saturated heterocycles. The van der Waals surface area contributed by atoms with Crippen molar-refractivity contribution in [3.63, 3.8) is 0 Å². The lowest BCUT2D eigenvalue weighted by Gasteiger charge is -2.29. The third-order valence-electron chi connectivity index (χ3n) is 8.48. The van der Waals surface area contributed by atoms with E-state index in [1.54, 1.807) is 16.2 Å². The molecule has 0 bridgehead atoms. The Morgan fingerprint density at radius 3 is 2.38 bits per heavy atom. The summed E-state index contributed by atoms with van der Waals surface area (Å²) in [4.78, 5) is 42.8. The van der Waals surface area contributed by atoms with Crippen LogP contribution in [0, 0.1) is 32.6 Å². The Bertz CT molecular complexity index is 1170. The molecule has 1 aromatic carbocycles. The predicted octanol–water partition coefficient (Wildman–Crippen LogP) is 5.10. The van der Waals surface area contributed by atoms with Crippen molar-refractivity contribution in [3.05, 3.63) is 57.9 Å². The molecular formula is C30H40ClN5O3. The maximum absolute atomic E-state index is 13.2. The van der Waals surface area contributed by atoms with E-state index in [1.165, 1.54) is 6.42 Å². The Morgan fingerprint density at radius 2 is 1.72 bits per heavy atom. The number of fused-ring (bicyclic) bond motifs is 1. The number of benzene rings is 1. The fourth-order valence-corrected chi connectivity index (χ4v) is 6.43. The fourth-order valence-electron chi connectivity index (χ4n) is 6.26. The van der Waals surface area contributed by atoms with E-state index < -0.39 is 0 Å². The van der Waals surface area contributed by atoms with Crippen LogP contribution < -0.4 is 4.90 Å². The van der Waals surface area contributed by atoms with E-state index in [2.05, 4.69) is 9.88 Å². The number of aromatic nitrogens is 1. The number of carbonyl (C=O) groups is 2. The van der Waals surface area contributed by atoms with Gasteiger partial charge in [0.15, 0.2) is 0 Å². The summed E-state index contributed by atoms with van der Waals surface area (Å²) >= 11 is 6.41. The number of halogens is 1. The molecule has 210 valence electrons. The second-order valence-electron chi connectivity index (χ2n) is 11.4. The molecule has 2 unspecified atom stereocenters. The number of likely N-dealkylation sites (tertiary alicyclic amines) is 2. The Hall–Kier alpha value is -2.68. The zero-order valence-electron chi connectivity index (χ0n) is 23.4. The van der Waals surface area contributed by atoms with Gasteiger partial charge in [-0.2, -0.15) is 0 Å². The molecule has 0 radical (unpaired) electrons. The predicted molar refractivity (Wildman–Crippen MR) is 153 cm³/mol. The van der Waals surface area contributed by atoms with Gasteiger partial charge < -0.3 is 14.6 Å². The minimum atomic E-state index is -0.342. The SMILES string of the molecule is Cc1ccc(N(CCCN2CC3CN(C(=O)c4c(C)ccnc4C)CC3C2)C(=O)ON2CCCCC2)cc1Cl. The van der Waals surface area contributed by atoms with Crippen LogP contribution in [0.25, 0.3) is 0 Å². The van der Waals surface area contributed by atoms with Crippen LogP contribution in [0.2, 0.25) is 5.02 Å². The highest BCUT2D eigenvalue weighted by molar-refractivity contribution is 6.31. The van der Waals surface area contributed by atoms with Crippen molar-refractivity contribution in [1.82, 2.24) is 19.8 Å². The maximum Gasteiger partial charge on any atom is 0.433 e. The van der Waals surface area contributed by atoms with Crippen LogP contribution in [0.3, 0.4) is 0 Å². The first-order chi connectivity index (χ1) is 18.8. The van der Waals surface area contributed by atoms with Crippen LogP contribution in [0.1, 0.15) is 52.9 Å². The molecule has 2 amide bonds. The van der Waals surface area contributed by atoms with Crippen LogP contribution in [-0.4, -0.2) is 84.2 Å². The van der Waals surface area contributed by atoms with E-state index in [-0.39, 0.29) is 12.0 Å². The molecule has 39 heavy (non-hydrogen) atoms. The standard InChI is InChI=1S/C30H40ClN5O3/c1-21-8-9-26(16-27(21)31)36(30(38)39-35-13-5-4-6-14-35)15-7-12-33-17-24-19-34(20-25(24)18-33)29(37)28-22(2)10-11-32-23(28)3/h8-11,16,24-25H,4-7,12-15,17-20H2,1-3H3. The van der Waals surface area contributed by atoms with E-state index in [4.69, 9.17) is 16.4 Å². The largest absolute Gasteiger partial charge is 0.433 e. The Kier molecular flexibility index (Phi) is 8.74. The number of amides is 2. The van der Waals surface area contributed by atoms with Gasteiger partial charge in [0.2, 0.25) is 0 Å². The Labute approximate surface area is 236 Å². The van der Waals surface area contributed by atoms with E-state index >= 15 is 0 Å². The monoisotopic (exact) mass is 553 g/mol. The van der Waals surface area contributed by atoms with Gasteiger partial charge in [-0.3, -0.25) is 14.7 Å². The lowest BCUT2D eigenvalue weighted by Crippen LogP contribution is -2.41. The number of hydrogen-bond acceptors (Lipinski definition) is 6. The Morgan fingerprint density at radius 1 is 1.00 bits per heavy atom. The highest BCUT2D eigenvalue weighted by atomic mass is 35.5. The molecule has 3 aliphatic rings. The molecule has 3 fully saturated rings. The maximum atomic E-state index is 13.2. The second kappa shape index (κ2) is 12.2. The van der Waals surface area contributed by atoms with Gasteiger partial charge in [0.1, 0.15) is 0 Å². The van der Waals surface area contributed by atoms with Crippen LogP contribution in [0.4, 0.5) is 10.5 Å². The molecular weight excluding hydrogens is 514 g/mol. The number of hydroxylamine groups is 2. The summed E-state index contributed by atoms with van der Waals surface area (Å²) in [5, 5.41) is 2.43. The fraction of sp³-hybridized carbons (Fsp3) is 0.567. The zero-order valence-corrected chi connectivity index (χ0v) is 24.1. The molecule has 3 aliphatic heterocycles. The number of rotatable bonds is 7. The number of nitrogens with zero attached hydrogens (tertiary/aromatic N) is 5. The lowest BCUT2D eigenvalue weighted by molar-refractivity contribution is -0.108. The van der Waals surface area contributed by atoms with Gasteiger partial charge in [0, 0.05) is 62.7 Å². The summed E-state index contributed by atoms with van der Waals surface area (Å²) in [6.45, 7) is 12.4. The number of anilines is 1. The molecule has 0 aliphatic carbocycles. The molecule has 0 N–H and O–H groups in total. The van der Waals surface area contributed by atoms with Gasteiger partial charge in [0.05, 0.1) is 11.3 Å². The van der Waals surface area contributed by atoms with Gasteiger partial charge in [-0.05, 0) is 87.7 Å². The molecule has 1 aromatic heterocycles. The van der Waals surface area contributed by atoms with Crippen LogP contribution in [0.15, 0.2) is 30.5 Å². The summed E-state index contributed by atoms with van der Waals surface area (Å²) in [6, 6.07) is 7.65. The highest BCUT2D eigenvalue weighted by Gasteiger charge is 2.42. The van der Waals surface area contributed by atoms with Crippen molar-refractivity contribution in [1.29, 1.82) is 0 Å². The average molecular weight is 554 g/mol. The van der Waals surface area contributed by atoms with Crippen molar-refractivity contribution < 1.29 is 14.4 Å². The van der Waals surface area contributed by atoms with Gasteiger partial charge in [0.25, 0.3) is 5.91 Å². The summed E-state index contributed by atoms with van der Waals surface area (Å²) in [6.07, 6.45) is 5.52. The highest BCUT2D eigenvalue weighted by Crippen LogP contribution is 2.33. The minimum absolute atomic E-state index is 0.110. The number of aryl methyl sites for hydroxylation is 3. The third-order valence-corrected chi connectivity index (χ3v) is 8.88. The summed E-state index contributed by atoms with van der Waals surface area (Å²) < 4.78 is 0. The zero-order chi connectivity index (χ0) is 27.5. The second-order valence-corrected chi connectivity index (χ2v) is 11.8. The van der Waals surface area contributed by atoms with Crippen molar-refractivity contribution in [2.24, 2.45) is 11.8 Å². The van der Waals surface area contributed by atoms with Crippen LogP contribution in [-0.2, 0) is 4.84 Å². The molecule has 2 atom stereocenters. The molecule has 2 aromatic rings. The molecule has 9 heteroatoms. The first kappa shape index (κ1) is 27.9. The minimum Gasteiger partial charge on any atom is -0.351 e. The van der Waals surface area contributed by atoms with Crippen molar-refractivity contribution in [2.75, 3.05) is 57.3 Å². The smallest absolute Gasteiger partial charge is 0.351 e. The van der Waals surface area contributed by atoms with Crippen LogP contribution >= 0.6 is 11.6 Å². The van der Waals surface area contributed by atoms with Crippen molar-refractivity contribution >= 4 is 29.3 Å². The normalized spacial score (nSPS) is 21.7. The average Bonchev–Trinajstić information content (AvgIpc) is 3.48. The summed E-state index contributed by atoms with van der Waals surface area (Å²) in [5.41, 5.74) is 4.29. The Balaban J connectivity index is 1.15. The first-order valence-electron chi connectivity index (χ1n) is 14.2. The molecule has 5 rings (SSSR count). The van der Waals surface area contributed by atoms with Crippen LogP contribution in [0.5, 0.6) is 0 Å². The molecule has 4 heterocycles.